The first-order valence-corrected chi connectivity index (χ1v) is 17.4. The third kappa shape index (κ3) is 8.40. The molecule has 2 aromatic rings. The first-order valence-electron chi connectivity index (χ1n) is 15.9. The fourth-order valence-corrected chi connectivity index (χ4v) is 8.01. The third-order valence-corrected chi connectivity index (χ3v) is 10.2. The second kappa shape index (κ2) is 11.6. The van der Waals surface area contributed by atoms with Gasteiger partial charge < -0.3 is 10.2 Å². The molecule has 0 aliphatic rings. The molecule has 0 saturated carbocycles. The highest BCUT2D eigenvalue weighted by atomic mass is 32.2. The molecule has 5 nitrogen and oxygen atoms in total. The highest BCUT2D eigenvalue weighted by Gasteiger charge is 2.44. The first-order chi connectivity index (χ1) is 19.2. The Kier molecular flexibility index (Phi) is 10.1. The Hall–Kier alpha value is -2.05. The van der Waals surface area contributed by atoms with Gasteiger partial charge in [-0.2, -0.15) is 8.42 Å². The van der Waals surface area contributed by atoms with Crippen molar-refractivity contribution in [3.8, 4) is 11.5 Å². The van der Waals surface area contributed by atoms with Crippen LogP contribution >= 0.6 is 0 Å². The molecule has 0 fully saturated rings. The number of phenols is 2. The van der Waals surface area contributed by atoms with Crippen LogP contribution in [0.4, 0.5) is 0 Å². The van der Waals surface area contributed by atoms with Crippen molar-refractivity contribution in [2.75, 3.05) is 0 Å². The van der Waals surface area contributed by atoms with Gasteiger partial charge in [0.2, 0.25) is 0 Å². The van der Waals surface area contributed by atoms with Gasteiger partial charge in [-0.15, -0.1) is 0 Å². The lowest BCUT2D eigenvalue weighted by molar-refractivity contribution is 0.0884. The maximum Gasteiger partial charge on any atom is 0.275 e. The summed E-state index contributed by atoms with van der Waals surface area (Å²) in [6.45, 7) is 36.1. The van der Waals surface area contributed by atoms with Gasteiger partial charge in [0.25, 0.3) is 10.1 Å². The van der Waals surface area contributed by atoms with Crippen LogP contribution in [-0.4, -0.2) is 18.6 Å². The van der Waals surface area contributed by atoms with Crippen molar-refractivity contribution in [1.82, 2.24) is 0 Å². The fourth-order valence-electron chi connectivity index (χ4n) is 5.89. The zero-order valence-corrected chi connectivity index (χ0v) is 31.8. The highest BCUT2D eigenvalue weighted by molar-refractivity contribution is 7.87. The largest absolute Gasteiger partial charge is 0.507 e. The molecule has 0 aliphatic carbocycles. The van der Waals surface area contributed by atoms with E-state index in [1.807, 2.05) is 149 Å². The predicted molar refractivity (Wildman–Crippen MR) is 185 cm³/mol. The van der Waals surface area contributed by atoms with E-state index in [0.717, 1.165) is 16.7 Å². The Bertz CT molecular complexity index is 1390. The number of aromatic hydroxyl groups is 2. The zero-order chi connectivity index (χ0) is 34.8. The monoisotopic (exact) mass is 630 g/mol. The van der Waals surface area contributed by atoms with Crippen molar-refractivity contribution >= 4 is 10.1 Å². The van der Waals surface area contributed by atoms with Gasteiger partial charge in [0.15, 0.2) is 0 Å². The van der Waals surface area contributed by atoms with Crippen LogP contribution in [0.2, 0.25) is 0 Å². The van der Waals surface area contributed by atoms with Crippen molar-refractivity contribution in [2.24, 2.45) is 10.8 Å². The first kappa shape index (κ1) is 38.1. The van der Waals surface area contributed by atoms with E-state index >= 15 is 0 Å². The minimum Gasteiger partial charge on any atom is -0.507 e. The number of benzene rings is 2. The molecule has 6 heteroatoms. The van der Waals surface area contributed by atoms with Crippen LogP contribution in [0.1, 0.15) is 169 Å². The highest BCUT2D eigenvalue weighted by Crippen LogP contribution is 2.50. The smallest absolute Gasteiger partial charge is 0.275 e. The lowest BCUT2D eigenvalue weighted by Crippen LogP contribution is -2.33. The molecule has 2 N–H and O–H groups in total. The Morgan fingerprint density at radius 2 is 0.773 bits per heavy atom. The minimum atomic E-state index is -4.25. The molecule has 44 heavy (non-hydrogen) atoms. The summed E-state index contributed by atoms with van der Waals surface area (Å²) in [5.74, 6) is 0.450. The van der Waals surface area contributed by atoms with Gasteiger partial charge in [0.05, 0.1) is 0 Å². The Labute approximate surface area is 270 Å². The number of hydrogen-bond acceptors (Lipinski definition) is 5. The SMILES string of the molecule is CC(C)(C)c1cc(C(OS(=O)(=O)C(c2cc(C(C)(C)C)c(O)c(C(C)(C)C)c2)C(C)(C)C)C(C)(C)C)cc(C(C)(C)C)c1O. The molecule has 0 bridgehead atoms. The quantitative estimate of drug-likeness (QED) is 0.321. The van der Waals surface area contributed by atoms with Crippen molar-refractivity contribution < 1.29 is 22.8 Å². The molecule has 0 spiro atoms. The topological polar surface area (TPSA) is 83.8 Å². The molecule has 0 radical (unpaired) electrons. The lowest BCUT2D eigenvalue weighted by Gasteiger charge is -2.38. The van der Waals surface area contributed by atoms with Crippen LogP contribution in [0, 0.1) is 10.8 Å². The maximum atomic E-state index is 14.7. The van der Waals surface area contributed by atoms with Crippen LogP contribution in [0.15, 0.2) is 24.3 Å². The standard InChI is InChI=1S/C38H62O5S/c1-33(2,3)25-19-23(20-26(29(25)39)34(4,5)6)31(37(13,14)15)43-44(41,42)32(38(16,17)18)24-21-27(35(7,8)9)30(40)28(22-24)36(10,11)12/h19-22,31-32,39-40H,1-18H3. The Balaban J connectivity index is 2.95. The normalized spacial score (nSPS) is 15.8. The van der Waals surface area contributed by atoms with Crippen molar-refractivity contribution in [3.05, 3.63) is 57.6 Å². The van der Waals surface area contributed by atoms with Gasteiger partial charge in [0.1, 0.15) is 22.9 Å². The molecule has 2 atom stereocenters. The van der Waals surface area contributed by atoms with E-state index in [2.05, 4.69) is 0 Å². The molecule has 0 aliphatic heterocycles. The van der Waals surface area contributed by atoms with Crippen LogP contribution in [0.25, 0.3) is 0 Å². The van der Waals surface area contributed by atoms with E-state index in [-0.39, 0.29) is 22.3 Å². The third-order valence-electron chi connectivity index (χ3n) is 8.19. The van der Waals surface area contributed by atoms with E-state index in [1.54, 1.807) is 0 Å². The van der Waals surface area contributed by atoms with Crippen LogP contribution in [0.3, 0.4) is 0 Å². The molecule has 0 saturated heterocycles. The molecular formula is C38H62O5S. The Morgan fingerprint density at radius 1 is 0.500 bits per heavy atom. The van der Waals surface area contributed by atoms with E-state index in [1.165, 1.54) is 0 Å². The Morgan fingerprint density at radius 3 is 1.00 bits per heavy atom. The molecule has 2 rings (SSSR count). The molecule has 0 heterocycles. The summed E-state index contributed by atoms with van der Waals surface area (Å²) < 4.78 is 35.8. The number of hydrogen-bond donors (Lipinski definition) is 2. The van der Waals surface area contributed by atoms with Crippen molar-refractivity contribution in [2.45, 2.75) is 158 Å². The fraction of sp³-hybridized carbons (Fsp3) is 0.684. The second-order valence-corrected chi connectivity index (χ2v) is 20.7. The molecule has 0 aromatic heterocycles. The average Bonchev–Trinajstić information content (AvgIpc) is 2.73. The number of phenolic OH excluding ortho intramolecular Hbond substituents is 2. The maximum absolute atomic E-state index is 14.7. The van der Waals surface area contributed by atoms with Gasteiger partial charge in [-0.25, -0.2) is 0 Å². The summed E-state index contributed by atoms with van der Waals surface area (Å²) in [5, 5.41) is 21.7. The van der Waals surface area contributed by atoms with E-state index in [4.69, 9.17) is 4.18 Å². The average molecular weight is 631 g/mol. The van der Waals surface area contributed by atoms with E-state index < -0.39 is 43.1 Å². The van der Waals surface area contributed by atoms with Crippen molar-refractivity contribution in [1.29, 1.82) is 0 Å². The molecule has 2 unspecified atom stereocenters. The summed E-state index contributed by atoms with van der Waals surface area (Å²) >= 11 is 0. The van der Waals surface area contributed by atoms with Crippen LogP contribution in [-0.2, 0) is 36.0 Å². The van der Waals surface area contributed by atoms with Gasteiger partial charge in [-0.3, -0.25) is 4.18 Å². The summed E-state index contributed by atoms with van der Waals surface area (Å²) in [6.07, 6.45) is -0.818. The summed E-state index contributed by atoms with van der Waals surface area (Å²) in [7, 11) is -4.25. The summed E-state index contributed by atoms with van der Waals surface area (Å²) in [4.78, 5) is 0. The zero-order valence-electron chi connectivity index (χ0n) is 31.0. The van der Waals surface area contributed by atoms with Gasteiger partial charge in [0, 0.05) is 0 Å². The lowest BCUT2D eigenvalue weighted by atomic mass is 9.75. The molecule has 250 valence electrons. The van der Waals surface area contributed by atoms with Crippen LogP contribution < -0.4 is 0 Å². The molecule has 0 amide bonds. The van der Waals surface area contributed by atoms with Gasteiger partial charge in [-0.05, 0) is 78.0 Å². The predicted octanol–water partition coefficient (Wildman–Crippen LogP) is 10.5. The van der Waals surface area contributed by atoms with Crippen molar-refractivity contribution in [3.63, 3.8) is 0 Å². The molecule has 2 aromatic carbocycles. The van der Waals surface area contributed by atoms with E-state index in [0.29, 0.717) is 16.7 Å². The van der Waals surface area contributed by atoms with Crippen LogP contribution in [0.5, 0.6) is 11.5 Å². The van der Waals surface area contributed by atoms with Gasteiger partial charge >= 0.3 is 0 Å². The summed E-state index contributed by atoms with van der Waals surface area (Å²) in [6, 6.07) is 7.53. The van der Waals surface area contributed by atoms with E-state index in [9.17, 15) is 18.6 Å². The summed E-state index contributed by atoms with van der Waals surface area (Å²) in [5.41, 5.74) is 1.33. The minimum absolute atomic E-state index is 0.209. The van der Waals surface area contributed by atoms with Gasteiger partial charge in [-0.1, -0.05) is 137 Å². The molecular weight excluding hydrogens is 568 g/mol. The second-order valence-electron chi connectivity index (χ2n) is 19.0. The number of rotatable bonds is 5.